The van der Waals surface area contributed by atoms with E-state index in [2.05, 4.69) is 11.1 Å². The second-order valence-electron chi connectivity index (χ2n) is 4.13. The summed E-state index contributed by atoms with van der Waals surface area (Å²) in [6, 6.07) is 5.89. The van der Waals surface area contributed by atoms with Crippen LogP contribution in [0.25, 0.3) is 11.0 Å². The molecule has 5 heteroatoms. The van der Waals surface area contributed by atoms with E-state index in [4.69, 9.17) is 11.0 Å². The van der Waals surface area contributed by atoms with E-state index in [1.807, 2.05) is 22.9 Å². The van der Waals surface area contributed by atoms with Crippen molar-refractivity contribution >= 4 is 16.9 Å². The number of rotatable bonds is 5. The number of nitrogens with two attached hydrogens (primary N) is 1. The molecule has 2 heterocycles. The number of pyridine rings is 1. The molecule has 0 unspecified atom stereocenters. The van der Waals surface area contributed by atoms with E-state index in [1.165, 1.54) is 0 Å². The first-order valence-corrected chi connectivity index (χ1v) is 5.80. The van der Waals surface area contributed by atoms with Crippen molar-refractivity contribution in [3.63, 3.8) is 0 Å². The monoisotopic (exact) mass is 242 g/mol. The smallest absolute Gasteiger partial charge is 0.221 e. The van der Waals surface area contributed by atoms with Crippen molar-refractivity contribution < 1.29 is 4.79 Å². The first kappa shape index (κ1) is 12.1. The summed E-state index contributed by atoms with van der Waals surface area (Å²) >= 11 is 0. The molecule has 1 amide bonds. The Labute approximate surface area is 105 Å². The van der Waals surface area contributed by atoms with Crippen LogP contribution in [0.5, 0.6) is 0 Å². The molecule has 18 heavy (non-hydrogen) atoms. The van der Waals surface area contributed by atoms with E-state index >= 15 is 0 Å². The fourth-order valence-electron chi connectivity index (χ4n) is 2.02. The largest absolute Gasteiger partial charge is 0.369 e. The van der Waals surface area contributed by atoms with Gasteiger partial charge in [0.05, 0.1) is 12.5 Å². The van der Waals surface area contributed by atoms with Gasteiger partial charge in [0.25, 0.3) is 0 Å². The number of amides is 1. The summed E-state index contributed by atoms with van der Waals surface area (Å²) in [6.45, 7) is 0.722. The third kappa shape index (κ3) is 2.48. The van der Waals surface area contributed by atoms with Crippen LogP contribution in [0.1, 0.15) is 18.4 Å². The second kappa shape index (κ2) is 5.32. The normalized spacial score (nSPS) is 10.4. The molecule has 5 nitrogen and oxygen atoms in total. The molecule has 0 saturated heterocycles. The van der Waals surface area contributed by atoms with Crippen molar-refractivity contribution in [2.75, 3.05) is 0 Å². The zero-order chi connectivity index (χ0) is 13.0. The van der Waals surface area contributed by atoms with E-state index in [0.29, 0.717) is 6.42 Å². The van der Waals surface area contributed by atoms with Gasteiger partial charge in [-0.3, -0.25) is 4.79 Å². The standard InChI is InChI=1S/C13H14N4O/c14-5-1-2-7-17-9-10(8-12(15)18)11-4-3-6-16-13(11)17/h3-4,6,9H,1-2,7-8H2,(H2,15,18). The van der Waals surface area contributed by atoms with Crippen LogP contribution in [0.4, 0.5) is 0 Å². The predicted octanol–water partition coefficient (Wildman–Crippen LogP) is 1.37. The molecule has 2 rings (SSSR count). The highest BCUT2D eigenvalue weighted by Gasteiger charge is 2.10. The van der Waals surface area contributed by atoms with Gasteiger partial charge in [0, 0.05) is 30.7 Å². The fourth-order valence-corrected chi connectivity index (χ4v) is 2.02. The van der Waals surface area contributed by atoms with E-state index in [-0.39, 0.29) is 12.3 Å². The number of aromatic nitrogens is 2. The molecule has 0 spiro atoms. The Morgan fingerprint density at radius 2 is 2.39 bits per heavy atom. The Kier molecular flexibility index (Phi) is 3.58. The molecule has 2 N–H and O–H groups in total. The van der Waals surface area contributed by atoms with Crippen LogP contribution in [0.15, 0.2) is 24.5 Å². The first-order valence-electron chi connectivity index (χ1n) is 5.80. The summed E-state index contributed by atoms with van der Waals surface area (Å²) in [5, 5.41) is 9.50. The van der Waals surface area contributed by atoms with Crippen LogP contribution in [0.2, 0.25) is 0 Å². The van der Waals surface area contributed by atoms with Gasteiger partial charge in [-0.2, -0.15) is 5.26 Å². The fraction of sp³-hybridized carbons (Fsp3) is 0.308. The summed E-state index contributed by atoms with van der Waals surface area (Å²) < 4.78 is 1.98. The Morgan fingerprint density at radius 3 is 3.11 bits per heavy atom. The van der Waals surface area contributed by atoms with Crippen molar-refractivity contribution in [3.8, 4) is 6.07 Å². The van der Waals surface area contributed by atoms with Crippen LogP contribution in [-0.2, 0) is 17.8 Å². The molecule has 0 bridgehead atoms. The third-order valence-electron chi connectivity index (χ3n) is 2.77. The Bertz CT molecular complexity index is 609. The molecule has 0 aromatic carbocycles. The van der Waals surface area contributed by atoms with Crippen LogP contribution >= 0.6 is 0 Å². The highest BCUT2D eigenvalue weighted by Crippen LogP contribution is 2.20. The maximum atomic E-state index is 11.0. The number of nitriles is 1. The van der Waals surface area contributed by atoms with Gasteiger partial charge in [0.15, 0.2) is 0 Å². The zero-order valence-corrected chi connectivity index (χ0v) is 9.97. The highest BCUT2D eigenvalue weighted by molar-refractivity contribution is 5.86. The molecule has 92 valence electrons. The van der Waals surface area contributed by atoms with Gasteiger partial charge in [-0.25, -0.2) is 4.98 Å². The number of fused-ring (bicyclic) bond motifs is 1. The Morgan fingerprint density at radius 1 is 1.56 bits per heavy atom. The lowest BCUT2D eigenvalue weighted by molar-refractivity contribution is -0.117. The molecule has 2 aromatic rings. The van der Waals surface area contributed by atoms with Gasteiger partial charge in [0.1, 0.15) is 5.65 Å². The number of carbonyl (C=O) groups excluding carboxylic acids is 1. The minimum atomic E-state index is -0.352. The summed E-state index contributed by atoms with van der Waals surface area (Å²) in [5.74, 6) is -0.352. The van der Waals surface area contributed by atoms with Gasteiger partial charge in [-0.15, -0.1) is 0 Å². The van der Waals surface area contributed by atoms with Crippen molar-refractivity contribution in [2.45, 2.75) is 25.8 Å². The lowest BCUT2D eigenvalue weighted by atomic mass is 10.1. The number of hydrogen-bond donors (Lipinski definition) is 1. The lowest BCUT2D eigenvalue weighted by Gasteiger charge is -2.01. The van der Waals surface area contributed by atoms with Crippen molar-refractivity contribution in [1.82, 2.24) is 9.55 Å². The summed E-state index contributed by atoms with van der Waals surface area (Å²) in [4.78, 5) is 15.3. The number of primary amides is 1. The number of hydrogen-bond acceptors (Lipinski definition) is 3. The minimum absolute atomic E-state index is 0.216. The molecular weight excluding hydrogens is 228 g/mol. The van der Waals surface area contributed by atoms with E-state index < -0.39 is 0 Å². The molecule has 0 fully saturated rings. The quantitative estimate of drug-likeness (QED) is 0.803. The number of unbranched alkanes of at least 4 members (excludes halogenated alkanes) is 1. The summed E-state index contributed by atoms with van der Waals surface area (Å²) in [6.07, 6.45) is 5.12. The van der Waals surface area contributed by atoms with E-state index in [0.717, 1.165) is 29.6 Å². The lowest BCUT2D eigenvalue weighted by Crippen LogP contribution is -2.13. The van der Waals surface area contributed by atoms with Crippen LogP contribution < -0.4 is 5.73 Å². The molecule has 0 aliphatic carbocycles. The van der Waals surface area contributed by atoms with E-state index in [9.17, 15) is 4.79 Å². The highest BCUT2D eigenvalue weighted by atomic mass is 16.1. The summed E-state index contributed by atoms with van der Waals surface area (Å²) in [5.41, 5.74) is 6.97. The Hall–Kier alpha value is -2.35. The van der Waals surface area contributed by atoms with E-state index in [1.54, 1.807) is 6.20 Å². The maximum Gasteiger partial charge on any atom is 0.221 e. The molecular formula is C13H14N4O. The van der Waals surface area contributed by atoms with Gasteiger partial charge in [-0.05, 0) is 24.1 Å². The molecule has 0 saturated carbocycles. The number of carbonyl (C=O) groups is 1. The average molecular weight is 242 g/mol. The zero-order valence-electron chi connectivity index (χ0n) is 9.97. The topological polar surface area (TPSA) is 84.7 Å². The van der Waals surface area contributed by atoms with Gasteiger partial charge in [-0.1, -0.05) is 0 Å². The first-order chi connectivity index (χ1) is 8.72. The number of aryl methyl sites for hydroxylation is 1. The van der Waals surface area contributed by atoms with Gasteiger partial charge in [0.2, 0.25) is 5.91 Å². The Balaban J connectivity index is 2.35. The molecule has 0 atom stereocenters. The van der Waals surface area contributed by atoms with Crippen molar-refractivity contribution in [1.29, 1.82) is 5.26 Å². The molecule has 0 aliphatic rings. The average Bonchev–Trinajstić information content (AvgIpc) is 2.68. The summed E-state index contributed by atoms with van der Waals surface area (Å²) in [7, 11) is 0. The van der Waals surface area contributed by atoms with Crippen LogP contribution in [0, 0.1) is 11.3 Å². The third-order valence-corrected chi connectivity index (χ3v) is 2.77. The number of nitrogens with zero attached hydrogens (tertiary/aromatic N) is 3. The van der Waals surface area contributed by atoms with Crippen molar-refractivity contribution in [2.24, 2.45) is 5.73 Å². The molecule has 0 radical (unpaired) electrons. The predicted molar refractivity (Wildman–Crippen MR) is 67.5 cm³/mol. The molecule has 0 aliphatic heterocycles. The minimum Gasteiger partial charge on any atom is -0.369 e. The second-order valence-corrected chi connectivity index (χ2v) is 4.13. The SMILES string of the molecule is N#CCCCn1cc(CC(N)=O)c2cccnc21. The maximum absolute atomic E-state index is 11.0. The van der Waals surface area contributed by atoms with Gasteiger partial charge < -0.3 is 10.3 Å². The van der Waals surface area contributed by atoms with Crippen LogP contribution in [0.3, 0.4) is 0 Å². The van der Waals surface area contributed by atoms with Crippen LogP contribution in [-0.4, -0.2) is 15.5 Å². The van der Waals surface area contributed by atoms with Crippen molar-refractivity contribution in [3.05, 3.63) is 30.1 Å². The van der Waals surface area contributed by atoms with Gasteiger partial charge >= 0.3 is 0 Å². The molecule has 2 aromatic heterocycles.